The fourth-order valence-electron chi connectivity index (χ4n) is 3.45. The topological polar surface area (TPSA) is 84.9 Å². The van der Waals surface area contributed by atoms with Gasteiger partial charge in [0.15, 0.2) is 0 Å². The maximum absolute atomic E-state index is 13.3. The van der Waals surface area contributed by atoms with Gasteiger partial charge in [0.25, 0.3) is 0 Å². The monoisotopic (exact) mass is 424 g/mol. The van der Waals surface area contributed by atoms with Crippen molar-refractivity contribution in [2.45, 2.75) is 98.9 Å². The molecule has 0 spiro atoms. The van der Waals surface area contributed by atoms with Crippen molar-refractivity contribution in [2.75, 3.05) is 6.54 Å². The van der Waals surface area contributed by atoms with Crippen LogP contribution in [0.1, 0.15) is 75.7 Å². The molecule has 1 rings (SSSR count). The molecule has 1 aliphatic heterocycles. The normalized spacial score (nSPS) is 22.2. The second-order valence-corrected chi connectivity index (χ2v) is 10.4. The molecule has 1 saturated heterocycles. The van der Waals surface area contributed by atoms with Crippen molar-refractivity contribution >= 4 is 18.0 Å². The summed E-state index contributed by atoms with van der Waals surface area (Å²) < 4.78 is 11.0. The van der Waals surface area contributed by atoms with Gasteiger partial charge in [-0.3, -0.25) is 9.69 Å². The smallest absolute Gasteiger partial charge is 0.411 e. The lowest BCUT2D eigenvalue weighted by atomic mass is 9.96. The van der Waals surface area contributed by atoms with Gasteiger partial charge in [-0.15, -0.1) is 0 Å². The number of rotatable bonds is 5. The van der Waals surface area contributed by atoms with Gasteiger partial charge < -0.3 is 14.8 Å². The Kier molecular flexibility index (Phi) is 8.52. The van der Waals surface area contributed by atoms with Crippen LogP contribution in [-0.4, -0.2) is 52.7 Å². The van der Waals surface area contributed by atoms with E-state index >= 15 is 0 Å². The first-order valence-corrected chi connectivity index (χ1v) is 10.7. The molecule has 0 aromatic heterocycles. The largest absolute Gasteiger partial charge is 0.458 e. The van der Waals surface area contributed by atoms with Gasteiger partial charge in [0.2, 0.25) is 5.91 Å². The molecule has 3 atom stereocenters. The predicted molar refractivity (Wildman–Crippen MR) is 117 cm³/mol. The SMILES string of the molecule is C/C=C1/CN(C(=O)OC(C)(C)C)C(C(=O)NC(CC(C)C)C(=O)OC(C)(C)C)C1C. The van der Waals surface area contributed by atoms with Crippen LogP contribution in [-0.2, 0) is 19.1 Å². The van der Waals surface area contributed by atoms with Crippen molar-refractivity contribution in [3.63, 3.8) is 0 Å². The van der Waals surface area contributed by atoms with Crippen LogP contribution < -0.4 is 5.32 Å². The van der Waals surface area contributed by atoms with Crippen LogP contribution in [0.2, 0.25) is 0 Å². The number of ether oxygens (including phenoxy) is 2. The Morgan fingerprint density at radius 1 is 1.10 bits per heavy atom. The van der Waals surface area contributed by atoms with E-state index in [4.69, 9.17) is 9.47 Å². The quantitative estimate of drug-likeness (QED) is 0.531. The summed E-state index contributed by atoms with van der Waals surface area (Å²) in [4.78, 5) is 40.2. The number of nitrogens with one attached hydrogen (secondary N) is 1. The van der Waals surface area contributed by atoms with Gasteiger partial charge in [0.1, 0.15) is 23.3 Å². The standard InChI is InChI=1S/C23H40N2O5/c1-11-16-13-25(21(28)30-23(8,9)10)18(15(16)4)19(26)24-17(12-14(2)3)20(27)29-22(5,6)7/h11,14-15,17-18H,12-13H2,1-10H3,(H,24,26)/b16-11-. The third-order valence-electron chi connectivity index (χ3n) is 4.73. The van der Waals surface area contributed by atoms with Gasteiger partial charge in [0.05, 0.1) is 0 Å². The third kappa shape index (κ3) is 7.65. The molecule has 30 heavy (non-hydrogen) atoms. The average molecular weight is 425 g/mol. The fourth-order valence-corrected chi connectivity index (χ4v) is 3.45. The molecule has 2 amide bonds. The molecular weight excluding hydrogens is 384 g/mol. The van der Waals surface area contributed by atoms with Crippen LogP contribution in [0.4, 0.5) is 4.79 Å². The van der Waals surface area contributed by atoms with E-state index in [-0.39, 0.29) is 17.7 Å². The first-order chi connectivity index (χ1) is 13.6. The number of carbonyl (C=O) groups excluding carboxylic acids is 3. The van der Waals surface area contributed by atoms with Crippen LogP contribution in [0.15, 0.2) is 11.6 Å². The fraction of sp³-hybridized carbons (Fsp3) is 0.783. The number of amides is 2. The first kappa shape index (κ1) is 26.0. The number of carbonyl (C=O) groups is 3. The lowest BCUT2D eigenvalue weighted by Gasteiger charge is -2.31. The minimum atomic E-state index is -0.779. The number of hydrogen-bond acceptors (Lipinski definition) is 5. The van der Waals surface area contributed by atoms with Crippen LogP contribution in [0, 0.1) is 11.8 Å². The third-order valence-corrected chi connectivity index (χ3v) is 4.73. The van der Waals surface area contributed by atoms with Crippen molar-refractivity contribution < 1.29 is 23.9 Å². The molecular formula is C23H40N2O5. The van der Waals surface area contributed by atoms with Crippen LogP contribution in [0.3, 0.4) is 0 Å². The number of nitrogens with zero attached hydrogens (tertiary/aromatic N) is 1. The molecule has 172 valence electrons. The minimum Gasteiger partial charge on any atom is -0.458 e. The molecule has 0 aromatic rings. The summed E-state index contributed by atoms with van der Waals surface area (Å²) in [5.74, 6) is -0.843. The zero-order chi connectivity index (χ0) is 23.4. The highest BCUT2D eigenvalue weighted by Gasteiger charge is 2.44. The summed E-state index contributed by atoms with van der Waals surface area (Å²) in [5, 5.41) is 2.85. The van der Waals surface area contributed by atoms with Crippen LogP contribution in [0.5, 0.6) is 0 Å². The van der Waals surface area contributed by atoms with Gasteiger partial charge >= 0.3 is 12.1 Å². The van der Waals surface area contributed by atoms with Crippen LogP contribution >= 0.6 is 0 Å². The van der Waals surface area contributed by atoms with E-state index in [1.807, 2.05) is 33.8 Å². The van der Waals surface area contributed by atoms with E-state index in [0.29, 0.717) is 13.0 Å². The zero-order valence-electron chi connectivity index (χ0n) is 20.3. The Bertz CT molecular complexity index is 670. The van der Waals surface area contributed by atoms with Crippen molar-refractivity contribution in [1.29, 1.82) is 0 Å². The van der Waals surface area contributed by atoms with Gasteiger partial charge in [0, 0.05) is 12.5 Å². The van der Waals surface area contributed by atoms with E-state index in [1.54, 1.807) is 41.5 Å². The Balaban J connectivity index is 3.11. The van der Waals surface area contributed by atoms with Crippen molar-refractivity contribution in [3.8, 4) is 0 Å². The molecule has 0 radical (unpaired) electrons. The van der Waals surface area contributed by atoms with Crippen LogP contribution in [0.25, 0.3) is 0 Å². The number of allylic oxidation sites excluding steroid dienone is 1. The molecule has 0 aliphatic carbocycles. The summed E-state index contributed by atoms with van der Waals surface area (Å²) in [7, 11) is 0. The molecule has 0 bridgehead atoms. The molecule has 1 heterocycles. The summed E-state index contributed by atoms with van der Waals surface area (Å²) in [6, 6.07) is -1.53. The Labute approximate surface area is 181 Å². The summed E-state index contributed by atoms with van der Waals surface area (Å²) >= 11 is 0. The molecule has 7 heteroatoms. The number of likely N-dealkylation sites (tertiary alicyclic amines) is 1. The molecule has 0 saturated carbocycles. The van der Waals surface area contributed by atoms with Crippen molar-refractivity contribution in [1.82, 2.24) is 10.2 Å². The van der Waals surface area contributed by atoms with Gasteiger partial charge in [-0.2, -0.15) is 0 Å². The van der Waals surface area contributed by atoms with E-state index in [2.05, 4.69) is 5.32 Å². The Morgan fingerprint density at radius 3 is 2.07 bits per heavy atom. The highest BCUT2D eigenvalue weighted by atomic mass is 16.6. The number of hydrogen-bond donors (Lipinski definition) is 1. The maximum atomic E-state index is 13.3. The highest BCUT2D eigenvalue weighted by Crippen LogP contribution is 2.31. The first-order valence-electron chi connectivity index (χ1n) is 10.7. The van der Waals surface area contributed by atoms with E-state index in [0.717, 1.165) is 5.57 Å². The second kappa shape index (κ2) is 9.84. The predicted octanol–water partition coefficient (Wildman–Crippen LogP) is 4.06. The zero-order valence-corrected chi connectivity index (χ0v) is 20.3. The second-order valence-electron chi connectivity index (χ2n) is 10.4. The molecule has 1 aliphatic rings. The van der Waals surface area contributed by atoms with E-state index in [1.165, 1.54) is 4.90 Å². The van der Waals surface area contributed by atoms with Crippen molar-refractivity contribution in [3.05, 3.63) is 11.6 Å². The van der Waals surface area contributed by atoms with Gasteiger partial charge in [-0.1, -0.05) is 26.8 Å². The summed E-state index contributed by atoms with van der Waals surface area (Å²) in [6.45, 7) is 18.8. The molecule has 3 unspecified atom stereocenters. The molecule has 1 fully saturated rings. The lowest BCUT2D eigenvalue weighted by molar-refractivity contribution is -0.159. The molecule has 7 nitrogen and oxygen atoms in total. The summed E-state index contributed by atoms with van der Waals surface area (Å²) in [6.07, 6.45) is 1.84. The lowest BCUT2D eigenvalue weighted by Crippen LogP contribution is -2.54. The highest BCUT2D eigenvalue weighted by molar-refractivity contribution is 5.91. The van der Waals surface area contributed by atoms with E-state index in [9.17, 15) is 14.4 Å². The molecule has 1 N–H and O–H groups in total. The van der Waals surface area contributed by atoms with Gasteiger partial charge in [-0.25, -0.2) is 9.59 Å². The maximum Gasteiger partial charge on any atom is 0.411 e. The minimum absolute atomic E-state index is 0.178. The summed E-state index contributed by atoms with van der Waals surface area (Å²) in [5.41, 5.74) is -0.339. The van der Waals surface area contributed by atoms with Gasteiger partial charge in [-0.05, 0) is 66.4 Å². The van der Waals surface area contributed by atoms with Crippen molar-refractivity contribution in [2.24, 2.45) is 11.8 Å². The average Bonchev–Trinajstić information content (AvgIpc) is 2.87. The molecule has 0 aromatic carbocycles. The number of esters is 1. The Hall–Kier alpha value is -2.05. The van der Waals surface area contributed by atoms with E-state index < -0.39 is 35.3 Å². The Morgan fingerprint density at radius 2 is 1.63 bits per heavy atom.